The van der Waals surface area contributed by atoms with E-state index in [2.05, 4.69) is 129 Å². The zero-order valence-corrected chi connectivity index (χ0v) is 58.9. The summed E-state index contributed by atoms with van der Waals surface area (Å²) in [4.78, 5) is 13.4. The molecule has 14 heteroatoms. The summed E-state index contributed by atoms with van der Waals surface area (Å²) in [7, 11) is 0. The summed E-state index contributed by atoms with van der Waals surface area (Å²) in [6.45, 7) is 2.69. The van der Waals surface area contributed by atoms with Crippen LogP contribution in [-0.4, -0.2) is 140 Å². The van der Waals surface area contributed by atoms with E-state index in [1.54, 1.807) is 6.08 Å². The Morgan fingerprint density at radius 1 is 0.394 bits per heavy atom. The number of amides is 1. The molecule has 2 rings (SSSR count). The van der Waals surface area contributed by atoms with E-state index < -0.39 is 86.8 Å². The molecule has 2 heterocycles. The minimum Gasteiger partial charge on any atom is -0.394 e. The van der Waals surface area contributed by atoms with Gasteiger partial charge in [0.2, 0.25) is 5.91 Å². The van der Waals surface area contributed by atoms with Crippen molar-refractivity contribution in [2.45, 2.75) is 357 Å². The highest BCUT2D eigenvalue weighted by Crippen LogP contribution is 2.30. The van der Waals surface area contributed by atoms with E-state index >= 15 is 0 Å². The number of carbonyl (C=O) groups is 1. The lowest BCUT2D eigenvalue weighted by Gasteiger charge is -2.46. The highest BCUT2D eigenvalue weighted by molar-refractivity contribution is 5.76. The van der Waals surface area contributed by atoms with Crippen LogP contribution >= 0.6 is 0 Å². The molecule has 0 saturated carbocycles. The molecule has 2 aliphatic rings. The fourth-order valence-corrected chi connectivity index (χ4v) is 11.7. The standard InChI is InChI=1S/C80H137NO13/c1-3-5-7-9-11-13-15-17-19-21-23-25-27-29-30-31-32-33-34-35-36-37-38-40-42-44-46-48-50-52-54-56-58-60-62-64-72(85)81-68(67-91-79-77(90)75(88)78(71(66-83)93-79)94-80-76(89)74(87)73(86)70(65-82)92-80)69(84)63-61-59-57-55-53-51-49-47-45-43-41-39-28-26-24-22-20-18-16-14-12-10-8-6-4-2/h5,7,11,13,17,19,23,25,29-30,32-33,35-36,38,40,53,55,61,63,68-71,73-80,82-84,86-90H,3-4,6,8-10,12,14-16,18,20-22,24,26-28,31,34,37,39,41-52,54,56-60,62,64-67H2,1-2H3,(H,81,85)/b7-5-,13-11-,19-17-,25-23-,30-29-,33-32-,36-35-,40-38-,55-53+,63-61+. The van der Waals surface area contributed by atoms with Crippen LogP contribution in [0.1, 0.15) is 284 Å². The molecule has 2 saturated heterocycles. The van der Waals surface area contributed by atoms with E-state index in [9.17, 15) is 45.6 Å². The van der Waals surface area contributed by atoms with Crippen LogP contribution in [0.5, 0.6) is 0 Å². The van der Waals surface area contributed by atoms with E-state index in [0.29, 0.717) is 12.8 Å². The topological polar surface area (TPSA) is 228 Å². The Balaban J connectivity index is 1.67. The van der Waals surface area contributed by atoms with Crippen molar-refractivity contribution in [1.29, 1.82) is 0 Å². The molecule has 0 aromatic rings. The summed E-state index contributed by atoms with van der Waals surface area (Å²) in [5.74, 6) is -0.256. The van der Waals surface area contributed by atoms with Crippen LogP contribution < -0.4 is 5.32 Å². The molecule has 2 aliphatic heterocycles. The SMILES string of the molecule is CC/C=C\C/C=C\C/C=C\C/C=C\C/C=C\C/C=C\C/C=C\C/C=C\CCCCCCCCCCCCC(=O)NC(COC1OC(CO)C(OC2OC(CO)C(O)C(O)C2O)C(O)C1O)C(O)/C=C/CC/C=C/CCCCCCCCCCCCCCCCCCCCC. The van der Waals surface area contributed by atoms with E-state index in [0.717, 1.165) is 89.9 Å². The zero-order chi connectivity index (χ0) is 68.0. The van der Waals surface area contributed by atoms with E-state index in [4.69, 9.17) is 18.9 Å². The Labute approximate surface area is 571 Å². The minimum absolute atomic E-state index is 0.256. The van der Waals surface area contributed by atoms with Crippen molar-refractivity contribution in [2.24, 2.45) is 0 Å². The Morgan fingerprint density at radius 2 is 0.745 bits per heavy atom. The lowest BCUT2D eigenvalue weighted by atomic mass is 9.97. The van der Waals surface area contributed by atoms with Crippen LogP contribution in [0.15, 0.2) is 122 Å². The summed E-state index contributed by atoms with van der Waals surface area (Å²) in [5.41, 5.74) is 0. The normalized spacial score (nSPS) is 23.2. The molecule has 0 bridgehead atoms. The molecule has 0 aromatic carbocycles. The number of allylic oxidation sites excluding steroid dienone is 19. The number of aliphatic hydroxyl groups excluding tert-OH is 8. The summed E-state index contributed by atoms with van der Waals surface area (Å²) in [6, 6.07) is -0.944. The lowest BCUT2D eigenvalue weighted by Crippen LogP contribution is -2.65. The molecule has 0 aliphatic carbocycles. The maximum Gasteiger partial charge on any atom is 0.220 e. The highest BCUT2D eigenvalue weighted by atomic mass is 16.7. The van der Waals surface area contributed by atoms with Gasteiger partial charge in [0.15, 0.2) is 12.6 Å². The number of hydrogen-bond acceptors (Lipinski definition) is 13. The molecule has 0 radical (unpaired) electrons. The average Bonchev–Trinajstić information content (AvgIpc) is 0.794. The Hall–Kier alpha value is -3.61. The average molecular weight is 1320 g/mol. The van der Waals surface area contributed by atoms with E-state index in [-0.39, 0.29) is 18.9 Å². The predicted octanol–water partition coefficient (Wildman–Crippen LogP) is 16.5. The van der Waals surface area contributed by atoms with Crippen LogP contribution in [0.25, 0.3) is 0 Å². The summed E-state index contributed by atoms with van der Waals surface area (Å²) >= 11 is 0. The third-order valence-electron chi connectivity index (χ3n) is 17.6. The quantitative estimate of drug-likeness (QED) is 0.0204. The van der Waals surface area contributed by atoms with Gasteiger partial charge in [-0.25, -0.2) is 0 Å². The van der Waals surface area contributed by atoms with Gasteiger partial charge in [0.1, 0.15) is 48.8 Å². The van der Waals surface area contributed by atoms with E-state index in [1.165, 1.54) is 161 Å². The van der Waals surface area contributed by atoms with Gasteiger partial charge in [-0.05, 0) is 96.3 Å². The number of hydrogen-bond donors (Lipinski definition) is 9. The van der Waals surface area contributed by atoms with Crippen LogP contribution in [0, 0.1) is 0 Å². The predicted molar refractivity (Wildman–Crippen MR) is 387 cm³/mol. The molecule has 94 heavy (non-hydrogen) atoms. The van der Waals surface area contributed by atoms with Gasteiger partial charge in [-0.1, -0.05) is 302 Å². The summed E-state index contributed by atoms with van der Waals surface area (Å²) < 4.78 is 22.9. The molecule has 0 aromatic heterocycles. The van der Waals surface area contributed by atoms with Gasteiger partial charge in [0, 0.05) is 6.42 Å². The lowest BCUT2D eigenvalue weighted by molar-refractivity contribution is -0.359. The smallest absolute Gasteiger partial charge is 0.220 e. The largest absolute Gasteiger partial charge is 0.394 e. The Kier molecular flexibility index (Phi) is 57.8. The first-order chi connectivity index (χ1) is 46.1. The summed E-state index contributed by atoms with van der Waals surface area (Å²) in [6.07, 6.45) is 75.4. The second-order valence-electron chi connectivity index (χ2n) is 26.0. The van der Waals surface area contributed by atoms with Crippen molar-refractivity contribution in [3.8, 4) is 0 Å². The molecule has 14 nitrogen and oxygen atoms in total. The first-order valence-electron chi connectivity index (χ1n) is 37.8. The molecule has 12 unspecified atom stereocenters. The highest BCUT2D eigenvalue weighted by Gasteiger charge is 2.51. The second-order valence-corrected chi connectivity index (χ2v) is 26.0. The van der Waals surface area contributed by atoms with Crippen molar-refractivity contribution in [3.63, 3.8) is 0 Å². The molecule has 12 atom stereocenters. The Bertz CT molecular complexity index is 2040. The van der Waals surface area contributed by atoms with Crippen LogP contribution in [-0.2, 0) is 23.7 Å². The van der Waals surface area contributed by atoms with Gasteiger partial charge in [-0.3, -0.25) is 4.79 Å². The van der Waals surface area contributed by atoms with Crippen LogP contribution in [0.3, 0.4) is 0 Å². The van der Waals surface area contributed by atoms with Crippen LogP contribution in [0.4, 0.5) is 0 Å². The molecule has 9 N–H and O–H groups in total. The van der Waals surface area contributed by atoms with Gasteiger partial charge >= 0.3 is 0 Å². The molecular weight excluding hydrogens is 1180 g/mol. The molecule has 2 fully saturated rings. The van der Waals surface area contributed by atoms with Crippen molar-refractivity contribution in [1.82, 2.24) is 5.32 Å². The van der Waals surface area contributed by atoms with E-state index in [1.807, 2.05) is 6.08 Å². The van der Waals surface area contributed by atoms with Gasteiger partial charge < -0.3 is 65.1 Å². The summed E-state index contributed by atoms with van der Waals surface area (Å²) in [5, 5.41) is 87.5. The minimum atomic E-state index is -1.80. The maximum absolute atomic E-state index is 13.4. The number of unbranched alkanes of at least 4 members (excludes halogenated alkanes) is 30. The van der Waals surface area contributed by atoms with Crippen molar-refractivity contribution >= 4 is 5.91 Å². The monoisotopic (exact) mass is 1320 g/mol. The second kappa shape index (κ2) is 62.9. The number of carbonyl (C=O) groups excluding carboxylic acids is 1. The molecule has 540 valence electrons. The van der Waals surface area contributed by atoms with Crippen molar-refractivity contribution in [3.05, 3.63) is 122 Å². The van der Waals surface area contributed by atoms with Gasteiger partial charge in [-0.2, -0.15) is 0 Å². The van der Waals surface area contributed by atoms with Gasteiger partial charge in [0.05, 0.1) is 32.0 Å². The van der Waals surface area contributed by atoms with Gasteiger partial charge in [-0.15, -0.1) is 0 Å². The Morgan fingerprint density at radius 3 is 1.17 bits per heavy atom. The maximum atomic E-state index is 13.4. The number of rotatable bonds is 61. The zero-order valence-electron chi connectivity index (χ0n) is 58.9. The van der Waals surface area contributed by atoms with Gasteiger partial charge in [0.25, 0.3) is 0 Å². The van der Waals surface area contributed by atoms with Crippen molar-refractivity contribution in [2.75, 3.05) is 19.8 Å². The van der Waals surface area contributed by atoms with Crippen LogP contribution in [0.2, 0.25) is 0 Å². The van der Waals surface area contributed by atoms with Crippen molar-refractivity contribution < 1.29 is 64.6 Å². The fraction of sp³-hybridized carbons (Fsp3) is 0.738. The number of nitrogens with one attached hydrogen (secondary N) is 1. The number of aliphatic hydroxyl groups is 8. The molecule has 1 amide bonds. The molecule has 0 spiro atoms. The molecular formula is C80H137NO13. The first-order valence-corrected chi connectivity index (χ1v) is 37.8. The fourth-order valence-electron chi connectivity index (χ4n) is 11.7. The third-order valence-corrected chi connectivity index (χ3v) is 17.6. The first kappa shape index (κ1) is 86.5. The number of ether oxygens (including phenoxy) is 4. The third kappa shape index (κ3) is 45.8.